The fourth-order valence-electron chi connectivity index (χ4n) is 2.39. The smallest absolute Gasteiger partial charge is 0.0853 e. The Labute approximate surface area is 90.8 Å². The average Bonchev–Trinajstić information content (AvgIpc) is 2.58. The highest BCUT2D eigenvalue weighted by atomic mass is 16.3. The molecule has 0 aromatic carbocycles. The van der Waals surface area contributed by atoms with Crippen LogP contribution in [0.1, 0.15) is 26.0 Å². The molecule has 0 saturated carbocycles. The molecule has 3 nitrogen and oxygen atoms in total. The zero-order valence-corrected chi connectivity index (χ0v) is 9.35. The molecule has 15 heavy (non-hydrogen) atoms. The molecular formula is C12H18N2O. The van der Waals surface area contributed by atoms with Gasteiger partial charge in [-0.15, -0.1) is 0 Å². The number of hydrogen-bond acceptors (Lipinski definition) is 3. The molecular weight excluding hydrogens is 188 g/mol. The van der Waals surface area contributed by atoms with Crippen molar-refractivity contribution in [3.63, 3.8) is 0 Å². The Morgan fingerprint density at radius 2 is 2.33 bits per heavy atom. The number of nitrogens with zero attached hydrogens (tertiary/aromatic N) is 2. The van der Waals surface area contributed by atoms with Crippen LogP contribution in [-0.4, -0.2) is 22.7 Å². The summed E-state index contributed by atoms with van der Waals surface area (Å²) in [4.78, 5) is 6.49. The molecule has 2 heterocycles. The van der Waals surface area contributed by atoms with E-state index in [0.29, 0.717) is 6.04 Å². The normalized spacial score (nSPS) is 25.9. The molecule has 0 radical (unpaired) electrons. The molecule has 1 aromatic rings. The Balaban J connectivity index is 2.21. The van der Waals surface area contributed by atoms with Crippen LogP contribution in [0.15, 0.2) is 18.3 Å². The zero-order valence-electron chi connectivity index (χ0n) is 9.35. The van der Waals surface area contributed by atoms with Crippen molar-refractivity contribution >= 4 is 5.69 Å². The molecule has 1 aliphatic rings. The minimum absolute atomic E-state index is 0.0195. The summed E-state index contributed by atoms with van der Waals surface area (Å²) in [6.45, 7) is 5.66. The van der Waals surface area contributed by atoms with E-state index in [-0.39, 0.29) is 6.61 Å². The van der Waals surface area contributed by atoms with Crippen molar-refractivity contribution in [3.05, 3.63) is 24.0 Å². The first kappa shape index (κ1) is 10.4. The van der Waals surface area contributed by atoms with Crippen molar-refractivity contribution in [3.8, 4) is 0 Å². The number of aromatic nitrogens is 1. The Morgan fingerprint density at radius 3 is 2.93 bits per heavy atom. The Morgan fingerprint density at radius 1 is 1.53 bits per heavy atom. The lowest BCUT2D eigenvalue weighted by Crippen LogP contribution is -2.26. The summed E-state index contributed by atoms with van der Waals surface area (Å²) in [5, 5.41) is 9.04. The molecule has 0 spiro atoms. The number of aliphatic hydroxyl groups is 1. The largest absolute Gasteiger partial charge is 0.390 e. The van der Waals surface area contributed by atoms with Crippen LogP contribution in [0.3, 0.4) is 0 Å². The minimum Gasteiger partial charge on any atom is -0.390 e. The van der Waals surface area contributed by atoms with Crippen LogP contribution in [0.25, 0.3) is 0 Å². The van der Waals surface area contributed by atoms with E-state index in [2.05, 4.69) is 23.7 Å². The first-order chi connectivity index (χ1) is 7.20. The van der Waals surface area contributed by atoms with Crippen LogP contribution in [0.4, 0.5) is 5.69 Å². The number of hydrogen-bond donors (Lipinski definition) is 1. The van der Waals surface area contributed by atoms with Gasteiger partial charge in [-0.1, -0.05) is 6.92 Å². The van der Waals surface area contributed by atoms with Gasteiger partial charge >= 0.3 is 0 Å². The van der Waals surface area contributed by atoms with Crippen LogP contribution >= 0.6 is 0 Å². The monoisotopic (exact) mass is 206 g/mol. The predicted octanol–water partition coefficient (Wildman–Crippen LogP) is 1.81. The maximum atomic E-state index is 9.04. The van der Waals surface area contributed by atoms with E-state index in [1.807, 2.05) is 12.1 Å². The summed E-state index contributed by atoms with van der Waals surface area (Å²) < 4.78 is 0. The number of pyridine rings is 1. The third-order valence-electron chi connectivity index (χ3n) is 3.08. The van der Waals surface area contributed by atoms with Crippen molar-refractivity contribution in [2.45, 2.75) is 32.9 Å². The van der Waals surface area contributed by atoms with E-state index < -0.39 is 0 Å². The van der Waals surface area contributed by atoms with Crippen LogP contribution < -0.4 is 4.90 Å². The van der Waals surface area contributed by atoms with Crippen LogP contribution in [0, 0.1) is 5.92 Å². The molecule has 3 heteroatoms. The molecule has 2 rings (SSSR count). The standard InChI is InChI=1S/C12H18N2O/c1-9-5-10(2)14(7-9)12-3-4-13-11(6-12)8-15/h3-4,6,9-10,15H,5,7-8H2,1-2H3. The number of aliphatic hydroxyl groups excluding tert-OH is 1. The highest BCUT2D eigenvalue weighted by molar-refractivity contribution is 5.48. The van der Waals surface area contributed by atoms with Gasteiger partial charge in [0.2, 0.25) is 0 Å². The van der Waals surface area contributed by atoms with Crippen LogP contribution in [0.5, 0.6) is 0 Å². The molecule has 82 valence electrons. The van der Waals surface area contributed by atoms with Gasteiger partial charge in [0.15, 0.2) is 0 Å². The third kappa shape index (κ3) is 2.12. The summed E-state index contributed by atoms with van der Waals surface area (Å²) >= 11 is 0. The highest BCUT2D eigenvalue weighted by Gasteiger charge is 2.26. The second kappa shape index (κ2) is 4.19. The molecule has 1 aliphatic heterocycles. The van der Waals surface area contributed by atoms with Crippen molar-refractivity contribution in [1.29, 1.82) is 0 Å². The summed E-state index contributed by atoms with van der Waals surface area (Å²) in [5.74, 6) is 0.755. The first-order valence-electron chi connectivity index (χ1n) is 5.53. The lowest BCUT2D eigenvalue weighted by atomic mass is 10.1. The summed E-state index contributed by atoms with van der Waals surface area (Å²) in [6.07, 6.45) is 3.02. The van der Waals surface area contributed by atoms with E-state index in [9.17, 15) is 0 Å². The summed E-state index contributed by atoms with van der Waals surface area (Å²) in [6, 6.07) is 4.59. The molecule has 2 unspecified atom stereocenters. The molecule has 1 saturated heterocycles. The Bertz CT molecular complexity index is 340. The van der Waals surface area contributed by atoms with Crippen molar-refractivity contribution in [2.24, 2.45) is 5.92 Å². The lowest BCUT2D eigenvalue weighted by molar-refractivity contribution is 0.277. The van der Waals surface area contributed by atoms with Crippen molar-refractivity contribution in [1.82, 2.24) is 4.98 Å². The Hall–Kier alpha value is -1.09. The molecule has 0 aliphatic carbocycles. The van der Waals surface area contributed by atoms with E-state index in [4.69, 9.17) is 5.11 Å². The van der Waals surface area contributed by atoms with Gasteiger partial charge in [0.25, 0.3) is 0 Å². The topological polar surface area (TPSA) is 36.4 Å². The average molecular weight is 206 g/mol. The van der Waals surface area contributed by atoms with E-state index in [1.165, 1.54) is 12.1 Å². The molecule has 1 fully saturated rings. The maximum Gasteiger partial charge on any atom is 0.0853 e. The quantitative estimate of drug-likeness (QED) is 0.801. The van der Waals surface area contributed by atoms with Gasteiger partial charge in [-0.3, -0.25) is 4.98 Å². The van der Waals surface area contributed by atoms with E-state index in [0.717, 1.165) is 18.2 Å². The highest BCUT2D eigenvalue weighted by Crippen LogP contribution is 2.28. The van der Waals surface area contributed by atoms with E-state index in [1.54, 1.807) is 6.20 Å². The maximum absolute atomic E-state index is 9.04. The van der Waals surface area contributed by atoms with Crippen molar-refractivity contribution in [2.75, 3.05) is 11.4 Å². The van der Waals surface area contributed by atoms with Gasteiger partial charge in [0.1, 0.15) is 0 Å². The zero-order chi connectivity index (χ0) is 10.8. The summed E-state index contributed by atoms with van der Waals surface area (Å²) in [7, 11) is 0. The van der Waals surface area contributed by atoms with Gasteiger partial charge in [0.05, 0.1) is 12.3 Å². The molecule has 1 N–H and O–H groups in total. The second-order valence-electron chi connectivity index (χ2n) is 4.51. The molecule has 1 aromatic heterocycles. The van der Waals surface area contributed by atoms with Gasteiger partial charge in [-0.25, -0.2) is 0 Å². The first-order valence-corrected chi connectivity index (χ1v) is 5.53. The number of anilines is 1. The van der Waals surface area contributed by atoms with Gasteiger partial charge in [0, 0.05) is 24.5 Å². The fourth-order valence-corrected chi connectivity index (χ4v) is 2.39. The molecule has 0 bridgehead atoms. The lowest BCUT2D eigenvalue weighted by Gasteiger charge is -2.24. The SMILES string of the molecule is CC1CC(C)N(c2ccnc(CO)c2)C1. The van der Waals surface area contributed by atoms with Gasteiger partial charge in [-0.05, 0) is 31.4 Å². The van der Waals surface area contributed by atoms with Crippen LogP contribution in [0.2, 0.25) is 0 Å². The summed E-state index contributed by atoms with van der Waals surface area (Å²) in [5.41, 5.74) is 1.94. The third-order valence-corrected chi connectivity index (χ3v) is 3.08. The van der Waals surface area contributed by atoms with Gasteiger partial charge < -0.3 is 10.0 Å². The molecule has 0 amide bonds. The molecule has 2 atom stereocenters. The number of rotatable bonds is 2. The minimum atomic E-state index is 0.0195. The fraction of sp³-hybridized carbons (Fsp3) is 0.583. The van der Waals surface area contributed by atoms with E-state index >= 15 is 0 Å². The Kier molecular flexibility index (Phi) is 2.91. The predicted molar refractivity (Wildman–Crippen MR) is 60.7 cm³/mol. The van der Waals surface area contributed by atoms with Gasteiger partial charge in [-0.2, -0.15) is 0 Å². The van der Waals surface area contributed by atoms with Crippen LogP contribution in [-0.2, 0) is 6.61 Å². The van der Waals surface area contributed by atoms with Crippen molar-refractivity contribution < 1.29 is 5.11 Å². The second-order valence-corrected chi connectivity index (χ2v) is 4.51.